The number of nitrogens with two attached hydrogens (primary N) is 1. The van der Waals surface area contributed by atoms with Gasteiger partial charge in [0.1, 0.15) is 5.65 Å². The van der Waals surface area contributed by atoms with Crippen LogP contribution in [0.2, 0.25) is 5.02 Å². The van der Waals surface area contributed by atoms with E-state index >= 15 is 0 Å². The number of hydrogen-bond donors (Lipinski definition) is 1. The zero-order chi connectivity index (χ0) is 15.9. The largest absolute Gasteiger partial charge is 0.393 e. The molecule has 22 heavy (non-hydrogen) atoms. The molecular formula is C17H16ClN3S. The summed E-state index contributed by atoms with van der Waals surface area (Å²) in [7, 11) is 0. The second-order valence-corrected chi connectivity index (χ2v) is 6.38. The molecule has 112 valence electrons. The molecule has 0 saturated heterocycles. The Labute approximate surface area is 139 Å². The molecule has 2 aromatic heterocycles. The van der Waals surface area contributed by atoms with E-state index in [1.807, 2.05) is 42.6 Å². The van der Waals surface area contributed by atoms with E-state index in [4.69, 9.17) is 34.5 Å². The van der Waals surface area contributed by atoms with Gasteiger partial charge in [0.15, 0.2) is 0 Å². The molecule has 0 aliphatic carbocycles. The monoisotopic (exact) mass is 329 g/mol. The molecule has 3 nitrogen and oxygen atoms in total. The molecule has 1 aromatic carbocycles. The van der Waals surface area contributed by atoms with Crippen molar-refractivity contribution in [1.82, 2.24) is 9.38 Å². The van der Waals surface area contributed by atoms with E-state index in [-0.39, 0.29) is 0 Å². The van der Waals surface area contributed by atoms with E-state index in [1.165, 1.54) is 5.56 Å². The van der Waals surface area contributed by atoms with Crippen LogP contribution in [0.25, 0.3) is 16.9 Å². The predicted octanol–water partition coefficient (Wildman–Crippen LogP) is 4.10. The topological polar surface area (TPSA) is 43.3 Å². The van der Waals surface area contributed by atoms with Gasteiger partial charge in [0, 0.05) is 23.2 Å². The molecule has 0 spiro atoms. The molecule has 0 amide bonds. The van der Waals surface area contributed by atoms with Crippen LogP contribution in [0.1, 0.15) is 16.8 Å². The number of aryl methyl sites for hydroxylation is 2. The highest BCUT2D eigenvalue weighted by Gasteiger charge is 2.15. The fourth-order valence-corrected chi connectivity index (χ4v) is 2.81. The lowest BCUT2D eigenvalue weighted by molar-refractivity contribution is 1.07. The van der Waals surface area contributed by atoms with Crippen molar-refractivity contribution in [2.45, 2.75) is 20.3 Å². The smallest absolute Gasteiger partial charge is 0.137 e. The van der Waals surface area contributed by atoms with Crippen molar-refractivity contribution in [1.29, 1.82) is 0 Å². The van der Waals surface area contributed by atoms with Crippen molar-refractivity contribution in [2.24, 2.45) is 5.73 Å². The normalized spacial score (nSPS) is 11.0. The van der Waals surface area contributed by atoms with Crippen molar-refractivity contribution in [3.8, 4) is 11.3 Å². The van der Waals surface area contributed by atoms with E-state index in [0.29, 0.717) is 11.4 Å². The number of aromatic nitrogens is 2. The van der Waals surface area contributed by atoms with Gasteiger partial charge in [0.05, 0.1) is 16.4 Å². The van der Waals surface area contributed by atoms with E-state index in [1.54, 1.807) is 0 Å². The van der Waals surface area contributed by atoms with E-state index in [2.05, 4.69) is 12.1 Å². The molecule has 0 bridgehead atoms. The summed E-state index contributed by atoms with van der Waals surface area (Å²) in [4.78, 5) is 5.23. The Balaban J connectivity index is 2.26. The summed E-state index contributed by atoms with van der Waals surface area (Å²) < 4.78 is 2.05. The number of rotatable bonds is 3. The molecule has 3 aromatic rings. The Kier molecular flexibility index (Phi) is 3.89. The van der Waals surface area contributed by atoms with Crippen LogP contribution in [0.3, 0.4) is 0 Å². The van der Waals surface area contributed by atoms with Crippen LogP contribution in [0.4, 0.5) is 0 Å². The summed E-state index contributed by atoms with van der Waals surface area (Å²) in [6, 6.07) is 10.0. The average molecular weight is 330 g/mol. The predicted molar refractivity (Wildman–Crippen MR) is 95.6 cm³/mol. The maximum atomic E-state index is 6.13. The molecule has 0 aliphatic heterocycles. The standard InChI is InChI=1S/C17H16ClN3S/c1-10-5-6-21-14(9-15(19)22)17(20-16(21)7-10)12-3-4-13(18)11(2)8-12/h3-8H,9H2,1-2H3,(H2,19,22). The molecule has 2 N–H and O–H groups in total. The summed E-state index contributed by atoms with van der Waals surface area (Å²) in [5.74, 6) is 0. The first kappa shape index (κ1) is 15.0. The first-order chi connectivity index (χ1) is 10.5. The van der Waals surface area contributed by atoms with E-state index < -0.39 is 0 Å². The van der Waals surface area contributed by atoms with Gasteiger partial charge in [0.2, 0.25) is 0 Å². The first-order valence-corrected chi connectivity index (χ1v) is 7.77. The average Bonchev–Trinajstić information content (AvgIpc) is 2.79. The molecule has 0 unspecified atom stereocenters. The van der Waals surface area contributed by atoms with Crippen LogP contribution in [0, 0.1) is 13.8 Å². The quantitative estimate of drug-likeness (QED) is 0.736. The number of imidazole rings is 1. The Morgan fingerprint density at radius 3 is 2.73 bits per heavy atom. The molecule has 0 saturated carbocycles. The van der Waals surface area contributed by atoms with Gasteiger partial charge in [-0.1, -0.05) is 29.9 Å². The minimum atomic E-state index is 0.453. The van der Waals surface area contributed by atoms with Crippen LogP contribution in [0.15, 0.2) is 36.5 Å². The fraction of sp³-hybridized carbons (Fsp3) is 0.176. The van der Waals surface area contributed by atoms with Gasteiger partial charge < -0.3 is 10.1 Å². The second-order valence-electron chi connectivity index (χ2n) is 5.45. The second kappa shape index (κ2) is 5.71. The molecule has 3 rings (SSSR count). The molecule has 0 aliphatic rings. The number of halogens is 1. The van der Waals surface area contributed by atoms with Gasteiger partial charge in [-0.25, -0.2) is 4.98 Å². The minimum Gasteiger partial charge on any atom is -0.393 e. The third kappa shape index (κ3) is 2.72. The Morgan fingerprint density at radius 1 is 1.27 bits per heavy atom. The minimum absolute atomic E-state index is 0.453. The maximum Gasteiger partial charge on any atom is 0.137 e. The number of hydrogen-bond acceptors (Lipinski definition) is 2. The summed E-state index contributed by atoms with van der Waals surface area (Å²) in [5, 5.41) is 0.749. The lowest BCUT2D eigenvalue weighted by atomic mass is 10.1. The number of nitrogens with zero attached hydrogens (tertiary/aromatic N) is 2. The summed E-state index contributed by atoms with van der Waals surface area (Å²) in [5.41, 5.74) is 11.8. The van der Waals surface area contributed by atoms with Gasteiger partial charge in [0.25, 0.3) is 0 Å². The van der Waals surface area contributed by atoms with Crippen LogP contribution >= 0.6 is 23.8 Å². The van der Waals surface area contributed by atoms with E-state index in [0.717, 1.165) is 33.2 Å². The zero-order valence-electron chi connectivity index (χ0n) is 12.4. The number of fused-ring (bicyclic) bond motifs is 1. The highest BCUT2D eigenvalue weighted by atomic mass is 35.5. The molecule has 0 fully saturated rings. The van der Waals surface area contributed by atoms with Gasteiger partial charge >= 0.3 is 0 Å². The van der Waals surface area contributed by atoms with Crippen LogP contribution < -0.4 is 5.73 Å². The van der Waals surface area contributed by atoms with Crippen LogP contribution in [-0.4, -0.2) is 14.4 Å². The Bertz CT molecular complexity index is 883. The number of benzene rings is 1. The number of thiocarbonyl (C=S) groups is 1. The summed E-state index contributed by atoms with van der Waals surface area (Å²) in [6.45, 7) is 4.03. The summed E-state index contributed by atoms with van der Waals surface area (Å²) >= 11 is 11.2. The SMILES string of the molecule is Cc1ccn2c(CC(N)=S)c(-c3ccc(Cl)c(C)c3)nc2c1. The lowest BCUT2D eigenvalue weighted by Gasteiger charge is -2.06. The molecule has 0 atom stereocenters. The zero-order valence-corrected chi connectivity index (χ0v) is 14.0. The van der Waals surface area contributed by atoms with E-state index in [9.17, 15) is 0 Å². The highest BCUT2D eigenvalue weighted by molar-refractivity contribution is 7.80. The van der Waals surface area contributed by atoms with Crippen molar-refractivity contribution >= 4 is 34.5 Å². The van der Waals surface area contributed by atoms with Crippen molar-refractivity contribution in [3.63, 3.8) is 0 Å². The Morgan fingerprint density at radius 2 is 2.05 bits per heavy atom. The van der Waals surface area contributed by atoms with Crippen molar-refractivity contribution < 1.29 is 0 Å². The molecule has 5 heteroatoms. The molecule has 2 heterocycles. The van der Waals surface area contributed by atoms with Crippen molar-refractivity contribution in [3.05, 3.63) is 58.4 Å². The molecule has 0 radical (unpaired) electrons. The third-order valence-corrected chi connectivity index (χ3v) is 4.22. The third-order valence-electron chi connectivity index (χ3n) is 3.65. The van der Waals surface area contributed by atoms with Gasteiger partial charge in [-0.15, -0.1) is 0 Å². The van der Waals surface area contributed by atoms with Crippen LogP contribution in [-0.2, 0) is 6.42 Å². The lowest BCUT2D eigenvalue weighted by Crippen LogP contribution is -2.13. The van der Waals surface area contributed by atoms with Crippen molar-refractivity contribution in [2.75, 3.05) is 0 Å². The van der Waals surface area contributed by atoms with Gasteiger partial charge in [-0.3, -0.25) is 0 Å². The first-order valence-electron chi connectivity index (χ1n) is 6.98. The van der Waals surface area contributed by atoms with Crippen LogP contribution in [0.5, 0.6) is 0 Å². The summed E-state index contributed by atoms with van der Waals surface area (Å²) in [6.07, 6.45) is 2.52. The number of pyridine rings is 1. The fourth-order valence-electron chi connectivity index (χ4n) is 2.55. The van der Waals surface area contributed by atoms with Gasteiger partial charge in [-0.2, -0.15) is 0 Å². The maximum absolute atomic E-state index is 6.13. The Hall–Kier alpha value is -1.91. The van der Waals surface area contributed by atoms with Gasteiger partial charge in [-0.05, 0) is 49.2 Å². The highest BCUT2D eigenvalue weighted by Crippen LogP contribution is 2.28. The molecular weight excluding hydrogens is 314 g/mol.